The lowest BCUT2D eigenvalue weighted by molar-refractivity contribution is 0.305. The average Bonchev–Trinajstić information content (AvgIpc) is 2.74. The van der Waals surface area contributed by atoms with Crippen molar-refractivity contribution in [1.82, 2.24) is 9.13 Å². The predicted octanol–water partition coefficient (Wildman–Crippen LogP) is 2.80. The first-order chi connectivity index (χ1) is 13.9. The second kappa shape index (κ2) is 8.67. The van der Waals surface area contributed by atoms with Crippen LogP contribution in [0, 0.1) is 11.3 Å². The smallest absolute Gasteiger partial charge is 0.332 e. The molecule has 0 aliphatic heterocycles. The van der Waals surface area contributed by atoms with Crippen LogP contribution >= 0.6 is 11.6 Å². The van der Waals surface area contributed by atoms with Gasteiger partial charge in [-0.25, -0.2) is 4.79 Å². The van der Waals surface area contributed by atoms with Crippen LogP contribution in [0.5, 0.6) is 5.75 Å². The van der Waals surface area contributed by atoms with Gasteiger partial charge in [-0.1, -0.05) is 48.0 Å². The SMILES string of the molecule is Cn1c(NCc2ccccc2COc2ccccc2Cl)c(C#N)c(=O)n(C)c1=O. The molecule has 0 radical (unpaired) electrons. The van der Waals surface area contributed by atoms with E-state index in [1.807, 2.05) is 42.5 Å². The fourth-order valence-corrected chi connectivity index (χ4v) is 3.11. The minimum absolute atomic E-state index is 0.112. The highest BCUT2D eigenvalue weighted by molar-refractivity contribution is 6.32. The third-order valence-corrected chi connectivity index (χ3v) is 4.87. The van der Waals surface area contributed by atoms with Gasteiger partial charge in [0.2, 0.25) is 0 Å². The van der Waals surface area contributed by atoms with Gasteiger partial charge in [-0.2, -0.15) is 5.26 Å². The Balaban J connectivity index is 1.85. The molecule has 0 unspecified atom stereocenters. The first-order valence-corrected chi connectivity index (χ1v) is 9.20. The summed E-state index contributed by atoms with van der Waals surface area (Å²) in [5.41, 5.74) is 0.559. The maximum atomic E-state index is 12.2. The highest BCUT2D eigenvalue weighted by Gasteiger charge is 2.15. The third kappa shape index (κ3) is 4.18. The molecule has 8 heteroatoms. The van der Waals surface area contributed by atoms with Crippen LogP contribution < -0.4 is 21.3 Å². The van der Waals surface area contributed by atoms with Gasteiger partial charge < -0.3 is 10.1 Å². The van der Waals surface area contributed by atoms with Gasteiger partial charge in [0.05, 0.1) is 5.02 Å². The summed E-state index contributed by atoms with van der Waals surface area (Å²) >= 11 is 6.13. The highest BCUT2D eigenvalue weighted by Crippen LogP contribution is 2.24. The standard InChI is InChI=1S/C21H19ClN4O3/c1-25-19(16(11-23)20(27)26(2)21(25)28)24-12-14-7-3-4-8-15(14)13-29-18-10-6-5-9-17(18)22/h3-10,24H,12-13H2,1-2H3. The van der Waals surface area contributed by atoms with Crippen LogP contribution in [0.4, 0.5) is 5.82 Å². The summed E-state index contributed by atoms with van der Waals surface area (Å²) in [6, 6.07) is 16.7. The van der Waals surface area contributed by atoms with Gasteiger partial charge in [0.1, 0.15) is 24.2 Å². The number of aromatic nitrogens is 2. The molecule has 0 fully saturated rings. The Labute approximate surface area is 172 Å². The molecule has 7 nitrogen and oxygen atoms in total. The van der Waals surface area contributed by atoms with Crippen LogP contribution in [0.3, 0.4) is 0 Å². The Bertz CT molecular complexity index is 1210. The van der Waals surface area contributed by atoms with Crippen molar-refractivity contribution in [2.45, 2.75) is 13.2 Å². The topological polar surface area (TPSA) is 89.1 Å². The summed E-state index contributed by atoms with van der Waals surface area (Å²) in [6.45, 7) is 0.597. The van der Waals surface area contributed by atoms with E-state index in [4.69, 9.17) is 16.3 Å². The molecule has 0 amide bonds. The minimum atomic E-state index is -0.631. The van der Waals surface area contributed by atoms with Gasteiger partial charge in [0.25, 0.3) is 5.56 Å². The van der Waals surface area contributed by atoms with Crippen molar-refractivity contribution in [3.8, 4) is 11.8 Å². The summed E-state index contributed by atoms with van der Waals surface area (Å²) in [7, 11) is 2.86. The summed E-state index contributed by atoms with van der Waals surface area (Å²) in [4.78, 5) is 24.4. The van der Waals surface area contributed by atoms with Crippen LogP contribution in [-0.4, -0.2) is 9.13 Å². The lowest BCUT2D eigenvalue weighted by Crippen LogP contribution is -2.39. The fraction of sp³-hybridized carbons (Fsp3) is 0.190. The zero-order chi connectivity index (χ0) is 21.0. The lowest BCUT2D eigenvalue weighted by atomic mass is 10.1. The van der Waals surface area contributed by atoms with Crippen LogP contribution in [0.2, 0.25) is 5.02 Å². The molecule has 1 N–H and O–H groups in total. The number of hydrogen-bond donors (Lipinski definition) is 1. The highest BCUT2D eigenvalue weighted by atomic mass is 35.5. The first-order valence-electron chi connectivity index (χ1n) is 8.82. The molecule has 0 atom stereocenters. The molecule has 3 aromatic rings. The number of benzene rings is 2. The largest absolute Gasteiger partial charge is 0.487 e. The maximum absolute atomic E-state index is 12.2. The van der Waals surface area contributed by atoms with E-state index in [0.717, 1.165) is 15.7 Å². The first kappa shape index (κ1) is 20.2. The zero-order valence-electron chi connectivity index (χ0n) is 16.0. The molecule has 0 saturated carbocycles. The Morgan fingerprint density at radius 1 is 1.03 bits per heavy atom. The van der Waals surface area contributed by atoms with Crippen molar-refractivity contribution in [1.29, 1.82) is 5.26 Å². The molecule has 0 aliphatic rings. The molecule has 3 rings (SSSR count). The van der Waals surface area contributed by atoms with Crippen molar-refractivity contribution in [3.05, 3.63) is 91.1 Å². The van der Waals surface area contributed by atoms with E-state index < -0.39 is 11.2 Å². The van der Waals surface area contributed by atoms with Gasteiger partial charge in [-0.15, -0.1) is 0 Å². The van der Waals surface area contributed by atoms with Crippen LogP contribution in [0.15, 0.2) is 58.1 Å². The van der Waals surface area contributed by atoms with Crippen molar-refractivity contribution in [3.63, 3.8) is 0 Å². The molecule has 29 heavy (non-hydrogen) atoms. The molecular weight excluding hydrogens is 392 g/mol. The molecule has 0 bridgehead atoms. The Kier molecular flexibility index (Phi) is 6.05. The van der Waals surface area contributed by atoms with Gasteiger partial charge >= 0.3 is 5.69 Å². The second-order valence-electron chi connectivity index (χ2n) is 6.38. The van der Waals surface area contributed by atoms with Crippen molar-refractivity contribution >= 4 is 17.4 Å². The number of anilines is 1. The predicted molar refractivity (Wildman–Crippen MR) is 111 cm³/mol. The van der Waals surface area contributed by atoms with E-state index >= 15 is 0 Å². The number of nitrogens with one attached hydrogen (secondary N) is 1. The summed E-state index contributed by atoms with van der Waals surface area (Å²) < 4.78 is 7.98. The second-order valence-corrected chi connectivity index (χ2v) is 6.79. The van der Waals surface area contributed by atoms with E-state index in [0.29, 0.717) is 23.9 Å². The monoisotopic (exact) mass is 410 g/mol. The fourth-order valence-electron chi connectivity index (χ4n) is 2.92. The summed E-state index contributed by atoms with van der Waals surface area (Å²) in [5.74, 6) is 0.764. The minimum Gasteiger partial charge on any atom is -0.487 e. The van der Waals surface area contributed by atoms with Crippen molar-refractivity contribution < 1.29 is 4.74 Å². The summed E-state index contributed by atoms with van der Waals surface area (Å²) in [6.07, 6.45) is 0. The van der Waals surface area contributed by atoms with E-state index in [1.54, 1.807) is 12.1 Å². The Morgan fingerprint density at radius 3 is 2.38 bits per heavy atom. The van der Waals surface area contributed by atoms with E-state index in [2.05, 4.69) is 5.32 Å². The molecule has 0 spiro atoms. The lowest BCUT2D eigenvalue weighted by Gasteiger charge is -2.16. The number of nitriles is 1. The van der Waals surface area contributed by atoms with Gasteiger partial charge in [0.15, 0.2) is 5.56 Å². The van der Waals surface area contributed by atoms with Crippen LogP contribution in [-0.2, 0) is 27.2 Å². The van der Waals surface area contributed by atoms with Gasteiger partial charge in [-0.05, 0) is 23.3 Å². The molecule has 1 aromatic heterocycles. The summed E-state index contributed by atoms with van der Waals surface area (Å²) in [5, 5.41) is 13.0. The molecule has 0 saturated heterocycles. The molecule has 2 aromatic carbocycles. The quantitative estimate of drug-likeness (QED) is 0.675. The Hall–Kier alpha value is -3.50. The number of halogens is 1. The molecule has 0 aliphatic carbocycles. The van der Waals surface area contributed by atoms with Crippen molar-refractivity contribution in [2.24, 2.45) is 14.1 Å². The number of ether oxygens (including phenoxy) is 1. The van der Waals surface area contributed by atoms with Gasteiger partial charge in [0, 0.05) is 20.6 Å². The van der Waals surface area contributed by atoms with Crippen LogP contribution in [0.1, 0.15) is 16.7 Å². The van der Waals surface area contributed by atoms with E-state index in [1.165, 1.54) is 18.7 Å². The number of rotatable bonds is 6. The molecular formula is C21H19ClN4O3. The zero-order valence-corrected chi connectivity index (χ0v) is 16.7. The van der Waals surface area contributed by atoms with Crippen molar-refractivity contribution in [2.75, 3.05) is 5.32 Å². The van der Waals surface area contributed by atoms with Gasteiger partial charge in [-0.3, -0.25) is 13.9 Å². The average molecular weight is 411 g/mol. The number of hydrogen-bond acceptors (Lipinski definition) is 5. The maximum Gasteiger partial charge on any atom is 0.332 e. The molecule has 148 valence electrons. The number of nitrogens with zero attached hydrogens (tertiary/aromatic N) is 3. The van der Waals surface area contributed by atoms with E-state index in [-0.39, 0.29) is 11.4 Å². The van der Waals surface area contributed by atoms with E-state index in [9.17, 15) is 14.9 Å². The van der Waals surface area contributed by atoms with Crippen LogP contribution in [0.25, 0.3) is 0 Å². The normalized spacial score (nSPS) is 10.4. The third-order valence-electron chi connectivity index (χ3n) is 4.56. The Morgan fingerprint density at radius 2 is 1.69 bits per heavy atom. The number of para-hydroxylation sites is 1. The molecule has 1 heterocycles.